The van der Waals surface area contributed by atoms with Gasteiger partial charge in [0.15, 0.2) is 0 Å². The zero-order chi connectivity index (χ0) is 15.8. The molecule has 2 aromatic rings. The summed E-state index contributed by atoms with van der Waals surface area (Å²) in [6, 6.07) is 16.2. The normalized spacial score (nSPS) is 10.9. The molecule has 0 bridgehead atoms. The number of nitrogens with one attached hydrogen (secondary N) is 2. The summed E-state index contributed by atoms with van der Waals surface area (Å²) >= 11 is 0. The van der Waals surface area contributed by atoms with Gasteiger partial charge < -0.3 is 5.32 Å². The first-order valence-corrected chi connectivity index (χ1v) is 8.36. The van der Waals surface area contributed by atoms with Gasteiger partial charge in [-0.15, -0.1) is 0 Å². The summed E-state index contributed by atoms with van der Waals surface area (Å²) in [5.41, 5.74) is 1.19. The van der Waals surface area contributed by atoms with Crippen LogP contribution in [0.2, 0.25) is 0 Å². The highest BCUT2D eigenvalue weighted by atomic mass is 32.2. The fourth-order valence-electron chi connectivity index (χ4n) is 1.77. The fraction of sp³-hybridized carbons (Fsp3) is 0.200. The van der Waals surface area contributed by atoms with E-state index < -0.39 is 10.0 Å². The van der Waals surface area contributed by atoms with E-state index in [1.54, 1.807) is 18.2 Å². The van der Waals surface area contributed by atoms with Gasteiger partial charge in [-0.1, -0.05) is 36.4 Å². The van der Waals surface area contributed by atoms with Crippen LogP contribution in [0, 0.1) is 11.3 Å². The van der Waals surface area contributed by atoms with Crippen LogP contribution in [0.1, 0.15) is 11.3 Å². The molecule has 0 spiro atoms. The Kier molecular flexibility index (Phi) is 5.47. The molecule has 0 aliphatic carbocycles. The van der Waals surface area contributed by atoms with E-state index in [9.17, 15) is 8.42 Å². The molecule has 0 atom stereocenters. The molecule has 22 heavy (non-hydrogen) atoms. The molecule has 0 fully saturated rings. The molecule has 0 amide bonds. The molecule has 6 nitrogen and oxygen atoms in total. The molecule has 0 saturated heterocycles. The van der Waals surface area contributed by atoms with Crippen molar-refractivity contribution < 1.29 is 8.42 Å². The van der Waals surface area contributed by atoms with Gasteiger partial charge in [-0.25, -0.2) is 18.1 Å². The molecule has 2 rings (SSSR count). The lowest BCUT2D eigenvalue weighted by molar-refractivity contribution is 0.581. The maximum Gasteiger partial charge on any atom is 0.213 e. The monoisotopic (exact) mass is 316 g/mol. The van der Waals surface area contributed by atoms with Crippen LogP contribution < -0.4 is 10.0 Å². The topological polar surface area (TPSA) is 94.9 Å². The third-order valence-corrected chi connectivity index (χ3v) is 4.21. The number of sulfonamides is 1. The van der Waals surface area contributed by atoms with Crippen LogP contribution in [0.15, 0.2) is 48.5 Å². The first-order valence-electron chi connectivity index (χ1n) is 6.71. The predicted molar refractivity (Wildman–Crippen MR) is 84.5 cm³/mol. The van der Waals surface area contributed by atoms with Crippen molar-refractivity contribution in [3.8, 4) is 6.07 Å². The van der Waals surface area contributed by atoms with E-state index in [-0.39, 0.29) is 24.5 Å². The van der Waals surface area contributed by atoms with Gasteiger partial charge in [-0.3, -0.25) is 0 Å². The highest BCUT2D eigenvalue weighted by Crippen LogP contribution is 2.04. The Balaban J connectivity index is 1.81. The number of aromatic nitrogens is 1. The van der Waals surface area contributed by atoms with E-state index in [0.29, 0.717) is 5.82 Å². The summed E-state index contributed by atoms with van der Waals surface area (Å²) in [5.74, 6) is 0.412. The van der Waals surface area contributed by atoms with Crippen LogP contribution in [0.4, 0.5) is 5.82 Å². The maximum atomic E-state index is 11.9. The Morgan fingerprint density at radius 3 is 2.59 bits per heavy atom. The number of nitriles is 1. The van der Waals surface area contributed by atoms with E-state index in [0.717, 1.165) is 5.56 Å². The van der Waals surface area contributed by atoms with Crippen molar-refractivity contribution >= 4 is 15.8 Å². The van der Waals surface area contributed by atoms with Gasteiger partial charge in [0.05, 0.1) is 5.75 Å². The third kappa shape index (κ3) is 5.16. The van der Waals surface area contributed by atoms with Crippen molar-refractivity contribution in [1.82, 2.24) is 9.71 Å². The van der Waals surface area contributed by atoms with Crippen LogP contribution in [-0.2, 0) is 16.6 Å². The maximum absolute atomic E-state index is 11.9. The second kappa shape index (κ2) is 7.54. The van der Waals surface area contributed by atoms with E-state index in [1.165, 1.54) is 0 Å². The minimum atomic E-state index is -3.37. The summed E-state index contributed by atoms with van der Waals surface area (Å²) in [6.45, 7) is 0.483. The van der Waals surface area contributed by atoms with Crippen molar-refractivity contribution in [2.75, 3.05) is 17.6 Å². The number of nitrogens with zero attached hydrogens (tertiary/aromatic N) is 2. The summed E-state index contributed by atoms with van der Waals surface area (Å²) in [7, 11) is -3.37. The Morgan fingerprint density at radius 1 is 1.09 bits per heavy atom. The molecular weight excluding hydrogens is 300 g/mol. The van der Waals surface area contributed by atoms with Crippen LogP contribution in [0.5, 0.6) is 0 Å². The number of hydrogen-bond donors (Lipinski definition) is 2. The number of hydrogen-bond acceptors (Lipinski definition) is 5. The lowest BCUT2D eigenvalue weighted by atomic mass is 10.2. The molecule has 7 heteroatoms. The second-order valence-corrected chi connectivity index (χ2v) is 6.50. The zero-order valence-electron chi connectivity index (χ0n) is 11.9. The van der Waals surface area contributed by atoms with Gasteiger partial charge in [0.2, 0.25) is 10.0 Å². The van der Waals surface area contributed by atoms with Gasteiger partial charge >= 0.3 is 0 Å². The minimum absolute atomic E-state index is 0.0711. The lowest BCUT2D eigenvalue weighted by Gasteiger charge is -2.08. The predicted octanol–water partition coefficient (Wildman–Crippen LogP) is 1.48. The van der Waals surface area contributed by atoms with Gasteiger partial charge in [0, 0.05) is 13.1 Å². The van der Waals surface area contributed by atoms with E-state index in [1.807, 2.05) is 36.4 Å². The van der Waals surface area contributed by atoms with Crippen LogP contribution >= 0.6 is 0 Å². The molecule has 0 aliphatic rings. The smallest absolute Gasteiger partial charge is 0.213 e. The summed E-state index contributed by atoms with van der Waals surface area (Å²) in [6.07, 6.45) is 0. The lowest BCUT2D eigenvalue weighted by Crippen LogP contribution is -2.29. The standard InChI is InChI=1S/C15H16N4O2S/c16-11-14-7-4-8-15(19-14)17-9-10-22(20,21)18-12-13-5-2-1-3-6-13/h1-8,18H,9-10,12H2,(H,17,19). The molecule has 2 N–H and O–H groups in total. The van der Waals surface area contributed by atoms with Crippen molar-refractivity contribution in [1.29, 1.82) is 5.26 Å². The number of rotatable bonds is 7. The van der Waals surface area contributed by atoms with Crippen LogP contribution in [0.3, 0.4) is 0 Å². The van der Waals surface area contributed by atoms with Crippen molar-refractivity contribution in [3.63, 3.8) is 0 Å². The molecule has 0 aliphatic heterocycles. The summed E-state index contributed by atoms with van der Waals surface area (Å²) < 4.78 is 26.3. The van der Waals surface area contributed by atoms with E-state index >= 15 is 0 Å². The van der Waals surface area contributed by atoms with Crippen LogP contribution in [0.25, 0.3) is 0 Å². The Bertz CT molecular complexity index is 755. The van der Waals surface area contributed by atoms with Crippen molar-refractivity contribution in [2.45, 2.75) is 6.54 Å². The molecule has 0 saturated carbocycles. The highest BCUT2D eigenvalue weighted by molar-refractivity contribution is 7.89. The van der Waals surface area contributed by atoms with Gasteiger partial charge in [0.1, 0.15) is 17.6 Å². The quantitative estimate of drug-likeness (QED) is 0.807. The molecule has 114 valence electrons. The minimum Gasteiger partial charge on any atom is -0.369 e. The molecule has 1 heterocycles. The largest absolute Gasteiger partial charge is 0.369 e. The van der Waals surface area contributed by atoms with E-state index in [4.69, 9.17) is 5.26 Å². The number of anilines is 1. The zero-order valence-corrected chi connectivity index (χ0v) is 12.7. The number of pyridine rings is 1. The average Bonchev–Trinajstić information content (AvgIpc) is 2.54. The molecular formula is C15H16N4O2S. The van der Waals surface area contributed by atoms with Crippen molar-refractivity contribution in [2.24, 2.45) is 0 Å². The van der Waals surface area contributed by atoms with E-state index in [2.05, 4.69) is 15.0 Å². The molecule has 1 aromatic heterocycles. The third-order valence-electron chi connectivity index (χ3n) is 2.88. The van der Waals surface area contributed by atoms with Gasteiger partial charge in [0.25, 0.3) is 0 Å². The number of benzene rings is 1. The van der Waals surface area contributed by atoms with Gasteiger partial charge in [-0.05, 0) is 17.7 Å². The summed E-state index contributed by atoms with van der Waals surface area (Å²) in [5, 5.41) is 11.6. The molecule has 0 unspecified atom stereocenters. The summed E-state index contributed by atoms with van der Waals surface area (Å²) in [4.78, 5) is 4.02. The fourth-order valence-corrected chi connectivity index (χ4v) is 2.67. The average molecular weight is 316 g/mol. The Morgan fingerprint density at radius 2 is 1.86 bits per heavy atom. The van der Waals surface area contributed by atoms with Gasteiger partial charge in [-0.2, -0.15) is 5.26 Å². The Hall–Kier alpha value is -2.43. The van der Waals surface area contributed by atoms with Crippen molar-refractivity contribution in [3.05, 3.63) is 59.8 Å². The second-order valence-electron chi connectivity index (χ2n) is 4.57. The SMILES string of the molecule is N#Cc1cccc(NCCS(=O)(=O)NCc2ccccc2)n1. The molecule has 1 aromatic carbocycles. The first kappa shape index (κ1) is 15.9. The molecule has 0 radical (unpaired) electrons. The highest BCUT2D eigenvalue weighted by Gasteiger charge is 2.09. The first-order chi connectivity index (χ1) is 10.6. The Labute approximate surface area is 129 Å². The van der Waals surface area contributed by atoms with Crippen LogP contribution in [-0.4, -0.2) is 25.7 Å².